The van der Waals surface area contributed by atoms with Crippen molar-refractivity contribution in [3.05, 3.63) is 48.0 Å². The van der Waals surface area contributed by atoms with E-state index >= 15 is 0 Å². The molecule has 7 heteroatoms. The summed E-state index contributed by atoms with van der Waals surface area (Å²) in [6.45, 7) is 2.25. The molecule has 1 aliphatic rings. The van der Waals surface area contributed by atoms with Crippen LogP contribution in [0.15, 0.2) is 47.4 Å². The average molecular weight is 382 g/mol. The number of amides is 1. The Labute approximate surface area is 162 Å². The van der Waals surface area contributed by atoms with Gasteiger partial charge < -0.3 is 10.1 Å². The van der Waals surface area contributed by atoms with E-state index in [1.54, 1.807) is 0 Å². The van der Waals surface area contributed by atoms with Crippen molar-refractivity contribution >= 4 is 28.8 Å². The summed E-state index contributed by atoms with van der Waals surface area (Å²) < 4.78 is 5.37. The number of H-pyrrole nitrogens is 1. The molecular weight excluding hydrogens is 360 g/mol. The minimum absolute atomic E-state index is 0.0539. The summed E-state index contributed by atoms with van der Waals surface area (Å²) in [6, 6.07) is 13.5. The van der Waals surface area contributed by atoms with Crippen molar-refractivity contribution < 1.29 is 9.53 Å². The van der Waals surface area contributed by atoms with E-state index in [1.807, 2.05) is 42.5 Å². The lowest BCUT2D eigenvalue weighted by molar-refractivity contribution is 0.0643. The molecule has 3 aromatic rings. The van der Waals surface area contributed by atoms with Crippen molar-refractivity contribution in [2.24, 2.45) is 11.1 Å². The number of aromatic amines is 1. The van der Waals surface area contributed by atoms with Gasteiger partial charge in [-0.05, 0) is 61.0 Å². The molecule has 1 fully saturated rings. The molecule has 27 heavy (non-hydrogen) atoms. The van der Waals surface area contributed by atoms with E-state index in [9.17, 15) is 4.79 Å². The monoisotopic (exact) mass is 382 g/mol. The normalized spacial score (nSPS) is 15.1. The molecule has 2 aromatic carbocycles. The fourth-order valence-corrected chi connectivity index (χ4v) is 3.73. The summed E-state index contributed by atoms with van der Waals surface area (Å²) in [6.07, 6.45) is 2.00. The number of nitrogens with zero attached hydrogens (tertiary/aromatic N) is 1. The predicted molar refractivity (Wildman–Crippen MR) is 107 cm³/mol. The fourth-order valence-electron chi connectivity index (χ4n) is 3.38. The summed E-state index contributed by atoms with van der Waals surface area (Å²) in [5.74, 6) is 0.439. The summed E-state index contributed by atoms with van der Waals surface area (Å²) >= 11 is 1.20. The number of rotatable bonds is 5. The summed E-state index contributed by atoms with van der Waals surface area (Å²) in [4.78, 5) is 13.6. The third-order valence-electron chi connectivity index (χ3n) is 4.96. The first-order valence-corrected chi connectivity index (χ1v) is 9.94. The molecule has 6 nitrogen and oxygen atoms in total. The summed E-state index contributed by atoms with van der Waals surface area (Å²) in [7, 11) is 0. The zero-order valence-corrected chi connectivity index (χ0v) is 15.7. The van der Waals surface area contributed by atoms with Crippen molar-refractivity contribution in [3.8, 4) is 11.3 Å². The van der Waals surface area contributed by atoms with Gasteiger partial charge in [0.05, 0.1) is 11.2 Å². The quantitative estimate of drug-likeness (QED) is 0.589. The van der Waals surface area contributed by atoms with Gasteiger partial charge in [0, 0.05) is 41.2 Å². The molecule has 4 N–H and O–H groups in total. The van der Waals surface area contributed by atoms with E-state index in [4.69, 9.17) is 9.88 Å². The number of hydrogen-bond acceptors (Lipinski definition) is 5. The molecule has 0 bridgehead atoms. The highest BCUT2D eigenvalue weighted by atomic mass is 32.2. The first kappa shape index (κ1) is 18.0. The van der Waals surface area contributed by atoms with Crippen LogP contribution in [0.3, 0.4) is 0 Å². The third-order valence-corrected chi connectivity index (χ3v) is 5.49. The molecule has 1 saturated heterocycles. The first-order chi connectivity index (χ1) is 13.2. The molecule has 140 valence electrons. The van der Waals surface area contributed by atoms with Crippen LogP contribution in [0.4, 0.5) is 0 Å². The molecule has 1 amide bonds. The summed E-state index contributed by atoms with van der Waals surface area (Å²) in [5.41, 5.74) is 3.33. The van der Waals surface area contributed by atoms with E-state index in [1.165, 1.54) is 11.9 Å². The van der Waals surface area contributed by atoms with Crippen LogP contribution in [-0.2, 0) is 4.74 Å². The Morgan fingerprint density at radius 3 is 2.93 bits per heavy atom. The van der Waals surface area contributed by atoms with Gasteiger partial charge in [-0.25, -0.2) is 0 Å². The molecule has 0 unspecified atom stereocenters. The van der Waals surface area contributed by atoms with Crippen molar-refractivity contribution in [1.82, 2.24) is 15.5 Å². The highest BCUT2D eigenvalue weighted by Gasteiger charge is 2.16. The van der Waals surface area contributed by atoms with Gasteiger partial charge in [0.1, 0.15) is 0 Å². The zero-order valence-electron chi connectivity index (χ0n) is 14.9. The van der Waals surface area contributed by atoms with Gasteiger partial charge in [-0.2, -0.15) is 5.10 Å². The summed E-state index contributed by atoms with van der Waals surface area (Å²) in [5, 5.41) is 17.1. The molecule has 4 rings (SSSR count). The maximum atomic E-state index is 12.6. The largest absolute Gasteiger partial charge is 0.381 e. The van der Waals surface area contributed by atoms with E-state index in [-0.39, 0.29) is 5.91 Å². The van der Waals surface area contributed by atoms with Crippen LogP contribution in [0.5, 0.6) is 0 Å². The van der Waals surface area contributed by atoms with Gasteiger partial charge in [0.15, 0.2) is 0 Å². The highest BCUT2D eigenvalue weighted by Crippen LogP contribution is 2.29. The maximum Gasteiger partial charge on any atom is 0.251 e. The standard InChI is InChI=1S/C20H22N4O2S/c21-27-16-3-1-2-14(10-16)19-17-11-15(4-5-18(17)23-24-19)20(25)22-12-13-6-8-26-9-7-13/h1-5,10-11,13H,6-9,12,21H2,(H,22,25)(H,23,24). The molecular formula is C20H22N4O2S. The average Bonchev–Trinajstić information content (AvgIpc) is 3.16. The van der Waals surface area contributed by atoms with Crippen molar-refractivity contribution in [3.63, 3.8) is 0 Å². The SMILES string of the molecule is NSc1cccc(-c2n[nH]c3ccc(C(=O)NCC4CCOCC4)cc23)c1. The Morgan fingerprint density at radius 1 is 1.26 bits per heavy atom. The lowest BCUT2D eigenvalue weighted by Gasteiger charge is -2.22. The van der Waals surface area contributed by atoms with Crippen LogP contribution in [0.1, 0.15) is 23.2 Å². The minimum atomic E-state index is -0.0539. The van der Waals surface area contributed by atoms with Crippen LogP contribution in [0.25, 0.3) is 22.2 Å². The topological polar surface area (TPSA) is 93.0 Å². The minimum Gasteiger partial charge on any atom is -0.381 e. The second-order valence-electron chi connectivity index (χ2n) is 6.74. The Kier molecular flexibility index (Phi) is 5.42. The van der Waals surface area contributed by atoms with Crippen LogP contribution in [-0.4, -0.2) is 35.9 Å². The van der Waals surface area contributed by atoms with Crippen LogP contribution in [0, 0.1) is 5.92 Å². The number of benzene rings is 2. The Bertz CT molecular complexity index is 950. The lowest BCUT2D eigenvalue weighted by Crippen LogP contribution is -2.32. The molecule has 0 saturated carbocycles. The third kappa shape index (κ3) is 4.00. The molecule has 2 heterocycles. The maximum absolute atomic E-state index is 12.6. The highest BCUT2D eigenvalue weighted by molar-refractivity contribution is 7.97. The van der Waals surface area contributed by atoms with Gasteiger partial charge in [0.25, 0.3) is 5.91 Å². The fraction of sp³-hybridized carbons (Fsp3) is 0.300. The second-order valence-corrected chi connectivity index (χ2v) is 7.45. The number of fused-ring (bicyclic) bond motifs is 1. The van der Waals surface area contributed by atoms with Crippen molar-refractivity contribution in [1.29, 1.82) is 0 Å². The number of hydrogen-bond donors (Lipinski definition) is 3. The number of nitrogens with one attached hydrogen (secondary N) is 2. The van der Waals surface area contributed by atoms with Gasteiger partial charge in [-0.1, -0.05) is 12.1 Å². The first-order valence-electron chi connectivity index (χ1n) is 9.06. The van der Waals surface area contributed by atoms with Crippen LogP contribution >= 0.6 is 11.9 Å². The van der Waals surface area contributed by atoms with Gasteiger partial charge in [-0.15, -0.1) is 0 Å². The number of carbonyl (C=O) groups excluding carboxylic acids is 1. The number of ether oxygens (including phenoxy) is 1. The smallest absolute Gasteiger partial charge is 0.251 e. The van der Waals surface area contributed by atoms with E-state index in [2.05, 4.69) is 15.5 Å². The van der Waals surface area contributed by atoms with Gasteiger partial charge >= 0.3 is 0 Å². The van der Waals surface area contributed by atoms with E-state index < -0.39 is 0 Å². The number of carbonyl (C=O) groups is 1. The number of aromatic nitrogens is 2. The zero-order chi connectivity index (χ0) is 18.6. The molecule has 0 aliphatic carbocycles. The van der Waals surface area contributed by atoms with Crippen LogP contribution in [0.2, 0.25) is 0 Å². The van der Waals surface area contributed by atoms with Crippen molar-refractivity contribution in [2.75, 3.05) is 19.8 Å². The van der Waals surface area contributed by atoms with Gasteiger partial charge in [-0.3, -0.25) is 15.0 Å². The second kappa shape index (κ2) is 8.12. The molecule has 0 atom stereocenters. The predicted octanol–water partition coefficient (Wildman–Crippen LogP) is 3.35. The van der Waals surface area contributed by atoms with E-state index in [0.717, 1.165) is 53.1 Å². The Morgan fingerprint density at radius 2 is 2.11 bits per heavy atom. The molecule has 0 radical (unpaired) electrons. The van der Waals surface area contributed by atoms with Crippen molar-refractivity contribution in [2.45, 2.75) is 17.7 Å². The van der Waals surface area contributed by atoms with Gasteiger partial charge in [0.2, 0.25) is 0 Å². The molecule has 1 aliphatic heterocycles. The lowest BCUT2D eigenvalue weighted by atomic mass is 10.00. The molecule has 0 spiro atoms. The Balaban J connectivity index is 1.56. The molecule has 1 aromatic heterocycles. The van der Waals surface area contributed by atoms with Crippen LogP contribution < -0.4 is 10.5 Å². The number of nitrogens with two attached hydrogens (primary N) is 1. The Hall–Kier alpha value is -2.35. The van der Waals surface area contributed by atoms with E-state index in [0.29, 0.717) is 18.0 Å².